The van der Waals surface area contributed by atoms with Crippen molar-refractivity contribution in [2.24, 2.45) is 0 Å². The number of hydrogen-bond acceptors (Lipinski definition) is 2. The number of hydrogen-bond donors (Lipinski definition) is 3. The number of halogens is 1. The van der Waals surface area contributed by atoms with Gasteiger partial charge in [0.2, 0.25) is 0 Å². The predicted molar refractivity (Wildman–Crippen MR) is 77.2 cm³/mol. The summed E-state index contributed by atoms with van der Waals surface area (Å²) < 4.78 is 1.16. The predicted octanol–water partition coefficient (Wildman–Crippen LogP) is 2.16. The summed E-state index contributed by atoms with van der Waals surface area (Å²) >= 11 is 2.24. The Morgan fingerprint density at radius 1 is 1.24 bits per heavy atom. The van der Waals surface area contributed by atoms with Crippen molar-refractivity contribution in [2.75, 3.05) is 18.4 Å². The summed E-state index contributed by atoms with van der Waals surface area (Å²) in [5, 5.41) is 9.10. The van der Waals surface area contributed by atoms with E-state index < -0.39 is 0 Å². The van der Waals surface area contributed by atoms with Gasteiger partial charge in [-0.25, -0.2) is 4.79 Å². The Labute approximate surface area is 115 Å². The zero-order valence-electron chi connectivity index (χ0n) is 9.50. The molecule has 2 amide bonds. The number of carbonyl (C=O) groups excluding carboxylic acids is 1. The van der Waals surface area contributed by atoms with Gasteiger partial charge >= 0.3 is 6.03 Å². The molecule has 1 aliphatic rings. The van der Waals surface area contributed by atoms with Crippen molar-refractivity contribution in [1.29, 1.82) is 0 Å². The molecular formula is C12H16IN3O. The molecule has 17 heavy (non-hydrogen) atoms. The molecule has 1 aromatic rings. The minimum Gasteiger partial charge on any atom is -0.335 e. The highest BCUT2D eigenvalue weighted by Crippen LogP contribution is 2.11. The quantitative estimate of drug-likeness (QED) is 0.720. The molecule has 0 unspecified atom stereocenters. The monoisotopic (exact) mass is 345 g/mol. The molecule has 1 aromatic carbocycles. The molecule has 0 saturated carbocycles. The summed E-state index contributed by atoms with van der Waals surface area (Å²) in [5.41, 5.74) is 0.830. The third kappa shape index (κ3) is 4.16. The first-order valence-corrected chi connectivity index (χ1v) is 6.86. The smallest absolute Gasteiger partial charge is 0.319 e. The van der Waals surface area contributed by atoms with E-state index in [1.807, 2.05) is 24.3 Å². The van der Waals surface area contributed by atoms with Crippen LogP contribution >= 0.6 is 22.6 Å². The fourth-order valence-electron chi connectivity index (χ4n) is 1.85. The molecule has 92 valence electrons. The van der Waals surface area contributed by atoms with Gasteiger partial charge in [-0.2, -0.15) is 0 Å². The number of carbonyl (C=O) groups is 1. The second kappa shape index (κ2) is 6.20. The van der Waals surface area contributed by atoms with Crippen LogP contribution in [0.3, 0.4) is 0 Å². The van der Waals surface area contributed by atoms with Crippen molar-refractivity contribution in [3.63, 3.8) is 0 Å². The van der Waals surface area contributed by atoms with Gasteiger partial charge in [-0.05, 0) is 72.8 Å². The highest BCUT2D eigenvalue weighted by atomic mass is 127. The first kappa shape index (κ1) is 12.6. The van der Waals surface area contributed by atoms with Crippen molar-refractivity contribution in [3.8, 4) is 0 Å². The van der Waals surface area contributed by atoms with Crippen molar-refractivity contribution < 1.29 is 4.79 Å². The Morgan fingerprint density at radius 2 is 1.88 bits per heavy atom. The molecule has 4 nitrogen and oxygen atoms in total. The molecule has 1 saturated heterocycles. The van der Waals surface area contributed by atoms with Crippen molar-refractivity contribution in [3.05, 3.63) is 27.8 Å². The number of anilines is 1. The fraction of sp³-hybridized carbons (Fsp3) is 0.417. The topological polar surface area (TPSA) is 53.2 Å². The molecule has 5 heteroatoms. The van der Waals surface area contributed by atoms with Crippen LogP contribution in [0.1, 0.15) is 12.8 Å². The number of nitrogens with one attached hydrogen (secondary N) is 3. The molecule has 0 aromatic heterocycles. The van der Waals surface area contributed by atoms with E-state index in [0.29, 0.717) is 6.04 Å². The van der Waals surface area contributed by atoms with Crippen LogP contribution in [-0.2, 0) is 0 Å². The molecule has 0 atom stereocenters. The second-order valence-corrected chi connectivity index (χ2v) is 5.38. The number of rotatable bonds is 2. The first-order chi connectivity index (χ1) is 8.24. The third-order valence-electron chi connectivity index (χ3n) is 2.78. The van der Waals surface area contributed by atoms with Gasteiger partial charge in [-0.1, -0.05) is 0 Å². The van der Waals surface area contributed by atoms with Crippen LogP contribution in [0.4, 0.5) is 10.5 Å². The molecule has 1 heterocycles. The number of urea groups is 1. The van der Waals surface area contributed by atoms with E-state index in [2.05, 4.69) is 38.5 Å². The Bertz CT molecular complexity index is 374. The summed E-state index contributed by atoms with van der Waals surface area (Å²) in [7, 11) is 0. The Morgan fingerprint density at radius 3 is 2.53 bits per heavy atom. The highest BCUT2D eigenvalue weighted by Gasteiger charge is 2.14. The average molecular weight is 345 g/mol. The van der Waals surface area contributed by atoms with Gasteiger partial charge in [-0.3, -0.25) is 0 Å². The van der Waals surface area contributed by atoms with Crippen LogP contribution in [0, 0.1) is 3.57 Å². The van der Waals surface area contributed by atoms with Gasteiger partial charge in [0.25, 0.3) is 0 Å². The van der Waals surface area contributed by atoms with Crippen LogP contribution in [0.15, 0.2) is 24.3 Å². The fourth-order valence-corrected chi connectivity index (χ4v) is 2.21. The maximum absolute atomic E-state index is 11.7. The Balaban J connectivity index is 1.82. The molecular weight excluding hydrogens is 329 g/mol. The maximum atomic E-state index is 11.7. The molecule has 3 N–H and O–H groups in total. The van der Waals surface area contributed by atoms with Gasteiger partial charge in [0.1, 0.15) is 0 Å². The second-order valence-electron chi connectivity index (χ2n) is 4.13. The Hall–Kier alpha value is -0.820. The van der Waals surface area contributed by atoms with E-state index >= 15 is 0 Å². The average Bonchev–Trinajstić information content (AvgIpc) is 2.33. The number of piperidine rings is 1. The lowest BCUT2D eigenvalue weighted by atomic mass is 10.1. The summed E-state index contributed by atoms with van der Waals surface area (Å²) in [4.78, 5) is 11.7. The van der Waals surface area contributed by atoms with E-state index in [-0.39, 0.29) is 6.03 Å². The van der Waals surface area contributed by atoms with Crippen molar-refractivity contribution in [1.82, 2.24) is 10.6 Å². The van der Waals surface area contributed by atoms with Gasteiger partial charge in [0.15, 0.2) is 0 Å². The van der Waals surface area contributed by atoms with E-state index in [1.165, 1.54) is 0 Å². The van der Waals surface area contributed by atoms with Crippen LogP contribution in [0.2, 0.25) is 0 Å². The normalized spacial score (nSPS) is 16.5. The van der Waals surface area contributed by atoms with Crippen LogP contribution in [0.5, 0.6) is 0 Å². The minimum absolute atomic E-state index is 0.113. The molecule has 2 rings (SSSR count). The summed E-state index contributed by atoms with van der Waals surface area (Å²) in [5.74, 6) is 0. The lowest BCUT2D eigenvalue weighted by Gasteiger charge is -2.23. The van der Waals surface area contributed by atoms with Gasteiger partial charge < -0.3 is 16.0 Å². The van der Waals surface area contributed by atoms with Gasteiger partial charge in [-0.15, -0.1) is 0 Å². The molecule has 0 radical (unpaired) electrons. The van der Waals surface area contributed by atoms with Crippen LogP contribution < -0.4 is 16.0 Å². The Kier molecular flexibility index (Phi) is 4.61. The molecule has 0 spiro atoms. The standard InChI is InChI=1S/C12H16IN3O/c13-9-1-3-10(4-2-9)15-12(17)16-11-5-7-14-8-6-11/h1-4,11,14H,5-8H2,(H2,15,16,17). The van der Waals surface area contributed by atoms with E-state index in [4.69, 9.17) is 0 Å². The van der Waals surface area contributed by atoms with Gasteiger partial charge in [0.05, 0.1) is 0 Å². The summed E-state index contributed by atoms with van der Waals surface area (Å²) in [6, 6.07) is 7.94. The van der Waals surface area contributed by atoms with Crippen LogP contribution in [-0.4, -0.2) is 25.2 Å². The summed E-state index contributed by atoms with van der Waals surface area (Å²) in [6.45, 7) is 1.96. The molecule has 1 fully saturated rings. The number of benzene rings is 1. The highest BCUT2D eigenvalue weighted by molar-refractivity contribution is 14.1. The van der Waals surface area contributed by atoms with Crippen LogP contribution in [0.25, 0.3) is 0 Å². The van der Waals surface area contributed by atoms with E-state index in [1.54, 1.807) is 0 Å². The van der Waals surface area contributed by atoms with Crippen molar-refractivity contribution >= 4 is 34.3 Å². The molecule has 0 bridgehead atoms. The van der Waals surface area contributed by atoms with Gasteiger partial charge in [0, 0.05) is 15.3 Å². The maximum Gasteiger partial charge on any atom is 0.319 e. The molecule has 0 aliphatic carbocycles. The van der Waals surface area contributed by atoms with E-state index in [0.717, 1.165) is 35.2 Å². The van der Waals surface area contributed by atoms with E-state index in [9.17, 15) is 4.79 Å². The third-order valence-corrected chi connectivity index (χ3v) is 3.50. The zero-order chi connectivity index (χ0) is 12.1. The zero-order valence-corrected chi connectivity index (χ0v) is 11.7. The lowest BCUT2D eigenvalue weighted by molar-refractivity contribution is 0.245. The minimum atomic E-state index is -0.113. The lowest BCUT2D eigenvalue weighted by Crippen LogP contribution is -2.44. The van der Waals surface area contributed by atoms with Crippen molar-refractivity contribution in [2.45, 2.75) is 18.9 Å². The molecule has 1 aliphatic heterocycles. The first-order valence-electron chi connectivity index (χ1n) is 5.78. The largest absolute Gasteiger partial charge is 0.335 e. The number of amides is 2. The SMILES string of the molecule is O=C(Nc1ccc(I)cc1)NC1CCNCC1. The summed E-state index contributed by atoms with van der Waals surface area (Å²) in [6.07, 6.45) is 2.00.